The Morgan fingerprint density at radius 1 is 0.960 bits per heavy atom. The predicted molar refractivity (Wildman–Crippen MR) is 93.7 cm³/mol. The SMILES string of the molecule is Cc1cc(S(C)(=O)=O)c(-c2cccc(F)c2)cc1-c1cccoc1=O. The Balaban J connectivity index is 2.37. The van der Waals surface area contributed by atoms with Crippen LogP contribution in [-0.2, 0) is 9.84 Å². The van der Waals surface area contributed by atoms with E-state index in [0.29, 0.717) is 27.8 Å². The summed E-state index contributed by atoms with van der Waals surface area (Å²) in [4.78, 5) is 12.1. The van der Waals surface area contributed by atoms with Gasteiger partial charge in [-0.3, -0.25) is 0 Å². The molecule has 4 nitrogen and oxygen atoms in total. The van der Waals surface area contributed by atoms with E-state index in [1.807, 2.05) is 0 Å². The zero-order valence-electron chi connectivity index (χ0n) is 13.6. The summed E-state index contributed by atoms with van der Waals surface area (Å²) >= 11 is 0. The number of hydrogen-bond acceptors (Lipinski definition) is 4. The summed E-state index contributed by atoms with van der Waals surface area (Å²) in [5, 5.41) is 0. The van der Waals surface area contributed by atoms with Crippen LogP contribution in [0.25, 0.3) is 22.3 Å². The molecule has 128 valence electrons. The van der Waals surface area contributed by atoms with Gasteiger partial charge in [-0.2, -0.15) is 0 Å². The van der Waals surface area contributed by atoms with Crippen LogP contribution < -0.4 is 5.63 Å². The molecular weight excluding hydrogens is 343 g/mol. The molecule has 2 aromatic carbocycles. The van der Waals surface area contributed by atoms with E-state index in [4.69, 9.17) is 4.42 Å². The van der Waals surface area contributed by atoms with Crippen LogP contribution in [0.1, 0.15) is 5.56 Å². The molecule has 0 bridgehead atoms. The van der Waals surface area contributed by atoms with Crippen molar-refractivity contribution >= 4 is 9.84 Å². The van der Waals surface area contributed by atoms with Gasteiger partial charge in [0.25, 0.3) is 0 Å². The van der Waals surface area contributed by atoms with Crippen LogP contribution in [0, 0.1) is 12.7 Å². The Morgan fingerprint density at radius 2 is 1.72 bits per heavy atom. The van der Waals surface area contributed by atoms with Crippen LogP contribution >= 0.6 is 0 Å². The zero-order valence-corrected chi connectivity index (χ0v) is 14.4. The number of halogens is 1. The summed E-state index contributed by atoms with van der Waals surface area (Å²) in [6.07, 6.45) is 2.38. The van der Waals surface area contributed by atoms with Crippen molar-refractivity contribution in [1.29, 1.82) is 0 Å². The van der Waals surface area contributed by atoms with Gasteiger partial charge in [-0.1, -0.05) is 12.1 Å². The monoisotopic (exact) mass is 358 g/mol. The van der Waals surface area contributed by atoms with E-state index in [2.05, 4.69) is 0 Å². The van der Waals surface area contributed by atoms with Gasteiger partial charge in [0.15, 0.2) is 9.84 Å². The fraction of sp³-hybridized carbons (Fsp3) is 0.105. The van der Waals surface area contributed by atoms with Crippen molar-refractivity contribution < 1.29 is 17.2 Å². The summed E-state index contributed by atoms with van der Waals surface area (Å²) in [7, 11) is -3.55. The first kappa shape index (κ1) is 17.1. The average molecular weight is 358 g/mol. The highest BCUT2D eigenvalue weighted by molar-refractivity contribution is 7.90. The molecule has 3 aromatic rings. The second-order valence-electron chi connectivity index (χ2n) is 5.76. The summed E-state index contributed by atoms with van der Waals surface area (Å²) in [6.45, 7) is 1.71. The normalized spacial score (nSPS) is 11.5. The van der Waals surface area contributed by atoms with Gasteiger partial charge in [-0.05, 0) is 60.0 Å². The van der Waals surface area contributed by atoms with Crippen LogP contribution in [0.15, 0.2) is 68.9 Å². The molecule has 1 aromatic heterocycles. The van der Waals surface area contributed by atoms with Crippen molar-refractivity contribution in [2.24, 2.45) is 0 Å². The molecule has 3 rings (SSSR count). The van der Waals surface area contributed by atoms with Gasteiger partial charge >= 0.3 is 5.63 Å². The average Bonchev–Trinajstić information content (AvgIpc) is 2.54. The first-order valence-electron chi connectivity index (χ1n) is 7.46. The molecule has 25 heavy (non-hydrogen) atoms. The van der Waals surface area contributed by atoms with Crippen molar-refractivity contribution in [3.05, 3.63) is 76.6 Å². The molecule has 0 aliphatic rings. The second-order valence-corrected chi connectivity index (χ2v) is 7.74. The maximum atomic E-state index is 13.6. The molecule has 0 saturated heterocycles. The van der Waals surface area contributed by atoms with E-state index in [-0.39, 0.29) is 4.90 Å². The lowest BCUT2D eigenvalue weighted by atomic mass is 9.96. The lowest BCUT2D eigenvalue weighted by molar-refractivity contribution is 0.513. The Kier molecular flexibility index (Phi) is 4.30. The zero-order chi connectivity index (χ0) is 18.2. The highest BCUT2D eigenvalue weighted by Gasteiger charge is 2.19. The maximum absolute atomic E-state index is 13.6. The third-order valence-electron chi connectivity index (χ3n) is 3.89. The van der Waals surface area contributed by atoms with E-state index >= 15 is 0 Å². The highest BCUT2D eigenvalue weighted by Crippen LogP contribution is 2.34. The molecule has 0 atom stereocenters. The van der Waals surface area contributed by atoms with E-state index < -0.39 is 21.3 Å². The van der Waals surface area contributed by atoms with Gasteiger partial charge < -0.3 is 4.42 Å². The minimum Gasteiger partial charge on any atom is -0.431 e. The predicted octanol–water partition coefficient (Wildman–Crippen LogP) is 3.82. The van der Waals surface area contributed by atoms with Crippen molar-refractivity contribution in [2.45, 2.75) is 11.8 Å². The first-order valence-corrected chi connectivity index (χ1v) is 9.35. The molecule has 0 aliphatic heterocycles. The minimum atomic E-state index is -3.55. The maximum Gasteiger partial charge on any atom is 0.343 e. The van der Waals surface area contributed by atoms with Crippen LogP contribution in [0.3, 0.4) is 0 Å². The third-order valence-corrected chi connectivity index (χ3v) is 5.02. The summed E-state index contributed by atoms with van der Waals surface area (Å²) in [5.74, 6) is -0.474. The van der Waals surface area contributed by atoms with Crippen molar-refractivity contribution in [3.8, 4) is 22.3 Å². The van der Waals surface area contributed by atoms with E-state index in [9.17, 15) is 17.6 Å². The topological polar surface area (TPSA) is 64.3 Å². The summed E-state index contributed by atoms with van der Waals surface area (Å²) in [6, 6.07) is 11.9. The first-order chi connectivity index (χ1) is 11.8. The van der Waals surface area contributed by atoms with Crippen LogP contribution in [0.4, 0.5) is 4.39 Å². The molecule has 0 saturated carbocycles. The molecule has 0 N–H and O–H groups in total. The number of rotatable bonds is 3. The van der Waals surface area contributed by atoms with E-state index in [0.717, 1.165) is 6.26 Å². The Labute approximate surface area is 144 Å². The number of sulfone groups is 1. The largest absolute Gasteiger partial charge is 0.431 e. The fourth-order valence-electron chi connectivity index (χ4n) is 2.73. The molecular formula is C19H15FO4S. The van der Waals surface area contributed by atoms with E-state index in [1.165, 1.54) is 30.5 Å². The van der Waals surface area contributed by atoms with Crippen molar-refractivity contribution in [1.82, 2.24) is 0 Å². The van der Waals surface area contributed by atoms with E-state index in [1.54, 1.807) is 31.2 Å². The van der Waals surface area contributed by atoms with Crippen LogP contribution in [0.2, 0.25) is 0 Å². The molecule has 0 unspecified atom stereocenters. The number of aryl methyl sites for hydroxylation is 1. The van der Waals surface area contributed by atoms with Gasteiger partial charge in [0.2, 0.25) is 0 Å². The van der Waals surface area contributed by atoms with Crippen molar-refractivity contribution in [3.63, 3.8) is 0 Å². The standard InChI is InChI=1S/C19H15FO4S/c1-12-9-18(25(2,22)23)17(13-5-3-6-14(20)10-13)11-16(12)15-7-4-8-24-19(15)21/h3-11H,1-2H3. The molecule has 0 amide bonds. The second kappa shape index (κ2) is 6.29. The van der Waals surface area contributed by atoms with Gasteiger partial charge in [-0.15, -0.1) is 0 Å². The Bertz CT molecular complexity index is 1110. The third kappa shape index (κ3) is 3.39. The van der Waals surface area contributed by atoms with Crippen LogP contribution in [-0.4, -0.2) is 14.7 Å². The minimum absolute atomic E-state index is 0.0830. The number of hydrogen-bond donors (Lipinski definition) is 0. The smallest absolute Gasteiger partial charge is 0.343 e. The van der Waals surface area contributed by atoms with Gasteiger partial charge in [0, 0.05) is 11.8 Å². The lowest BCUT2D eigenvalue weighted by Crippen LogP contribution is -2.06. The molecule has 0 aliphatic carbocycles. The Hall–Kier alpha value is -2.73. The fourth-order valence-corrected chi connectivity index (χ4v) is 3.69. The molecule has 6 heteroatoms. The summed E-state index contributed by atoms with van der Waals surface area (Å²) < 4.78 is 42.9. The highest BCUT2D eigenvalue weighted by atomic mass is 32.2. The van der Waals surface area contributed by atoms with Gasteiger partial charge in [0.05, 0.1) is 16.7 Å². The molecule has 0 spiro atoms. The van der Waals surface area contributed by atoms with Crippen molar-refractivity contribution in [2.75, 3.05) is 6.26 Å². The van der Waals surface area contributed by atoms with Gasteiger partial charge in [0.1, 0.15) is 5.82 Å². The summed E-state index contributed by atoms with van der Waals surface area (Å²) in [5.41, 5.74) is 1.70. The van der Waals surface area contributed by atoms with Gasteiger partial charge in [-0.25, -0.2) is 17.6 Å². The number of benzene rings is 2. The Morgan fingerprint density at radius 3 is 2.36 bits per heavy atom. The van der Waals surface area contributed by atoms with Crippen LogP contribution in [0.5, 0.6) is 0 Å². The quantitative estimate of drug-likeness (QED) is 0.714. The molecule has 1 heterocycles. The molecule has 0 fully saturated rings. The lowest BCUT2D eigenvalue weighted by Gasteiger charge is -2.14. The molecule has 0 radical (unpaired) electrons.